The van der Waals surface area contributed by atoms with E-state index in [1.807, 2.05) is 30.3 Å². The van der Waals surface area contributed by atoms with Crippen molar-refractivity contribution in [3.63, 3.8) is 0 Å². The zero-order valence-corrected chi connectivity index (χ0v) is 16.7. The van der Waals surface area contributed by atoms with Gasteiger partial charge in [-0.15, -0.1) is 0 Å². The number of cyclic esters (lactones) is 1. The van der Waals surface area contributed by atoms with Crippen molar-refractivity contribution in [2.75, 3.05) is 17.6 Å². The molecule has 1 aliphatic heterocycles. The van der Waals surface area contributed by atoms with Crippen LogP contribution in [0.15, 0.2) is 73.1 Å². The first-order valence-electron chi connectivity index (χ1n) is 9.66. The van der Waals surface area contributed by atoms with Crippen LogP contribution < -0.4 is 15.8 Å². The molecule has 1 saturated heterocycles. The lowest BCUT2D eigenvalue weighted by Gasteiger charge is -2.15. The number of hydrogen-bond donors (Lipinski definition) is 3. The molecule has 1 aliphatic rings. The third-order valence-corrected chi connectivity index (χ3v) is 4.78. The molecule has 1 aromatic heterocycles. The SMILES string of the molecule is C=C1CC(CNc2ncnc(N)c2C(=N)c2ccc(Oc3ccccc3)cc2)OC1=O. The maximum Gasteiger partial charge on any atom is 0.333 e. The van der Waals surface area contributed by atoms with Crippen LogP contribution in [0.1, 0.15) is 17.5 Å². The fourth-order valence-electron chi connectivity index (χ4n) is 3.20. The Labute approximate surface area is 179 Å². The Morgan fingerprint density at radius 3 is 2.55 bits per heavy atom. The number of carbonyl (C=O) groups is 1. The van der Waals surface area contributed by atoms with Crippen molar-refractivity contribution >= 4 is 23.3 Å². The van der Waals surface area contributed by atoms with Crippen LogP contribution in [0.3, 0.4) is 0 Å². The van der Waals surface area contributed by atoms with Gasteiger partial charge in [0.2, 0.25) is 0 Å². The first kappa shape index (κ1) is 20.1. The molecule has 0 spiro atoms. The molecule has 1 unspecified atom stereocenters. The predicted molar refractivity (Wildman–Crippen MR) is 117 cm³/mol. The van der Waals surface area contributed by atoms with Gasteiger partial charge in [-0.05, 0) is 36.4 Å². The summed E-state index contributed by atoms with van der Waals surface area (Å²) in [6, 6.07) is 16.6. The Balaban J connectivity index is 1.50. The minimum absolute atomic E-state index is 0.166. The van der Waals surface area contributed by atoms with E-state index in [4.69, 9.17) is 20.6 Å². The monoisotopic (exact) mass is 415 g/mol. The minimum Gasteiger partial charge on any atom is -0.457 e. The van der Waals surface area contributed by atoms with Gasteiger partial charge in [0, 0.05) is 17.6 Å². The summed E-state index contributed by atoms with van der Waals surface area (Å²) in [5.74, 6) is 1.57. The molecule has 0 saturated carbocycles. The summed E-state index contributed by atoms with van der Waals surface area (Å²) >= 11 is 0. The van der Waals surface area contributed by atoms with Gasteiger partial charge in [-0.25, -0.2) is 14.8 Å². The number of nitrogens with zero attached hydrogens (tertiary/aromatic N) is 2. The van der Waals surface area contributed by atoms with Gasteiger partial charge >= 0.3 is 5.97 Å². The van der Waals surface area contributed by atoms with E-state index >= 15 is 0 Å². The normalized spacial score (nSPS) is 15.4. The Morgan fingerprint density at radius 1 is 1.16 bits per heavy atom. The summed E-state index contributed by atoms with van der Waals surface area (Å²) in [6.07, 6.45) is 1.43. The summed E-state index contributed by atoms with van der Waals surface area (Å²) in [5.41, 5.74) is 7.68. The van der Waals surface area contributed by atoms with Crippen molar-refractivity contribution < 1.29 is 14.3 Å². The zero-order valence-electron chi connectivity index (χ0n) is 16.7. The number of para-hydroxylation sites is 1. The van der Waals surface area contributed by atoms with Crippen LogP contribution in [-0.2, 0) is 9.53 Å². The van der Waals surface area contributed by atoms with Crippen molar-refractivity contribution in [2.45, 2.75) is 12.5 Å². The number of anilines is 2. The van der Waals surface area contributed by atoms with Crippen LogP contribution in [0, 0.1) is 5.41 Å². The highest BCUT2D eigenvalue weighted by atomic mass is 16.5. The fraction of sp³-hybridized carbons (Fsp3) is 0.130. The molecule has 4 rings (SSSR count). The van der Waals surface area contributed by atoms with Crippen molar-refractivity contribution in [2.24, 2.45) is 0 Å². The Bertz CT molecular complexity index is 1110. The Morgan fingerprint density at radius 2 is 1.87 bits per heavy atom. The molecule has 31 heavy (non-hydrogen) atoms. The van der Waals surface area contributed by atoms with Crippen molar-refractivity contribution in [1.82, 2.24) is 9.97 Å². The molecule has 4 N–H and O–H groups in total. The highest BCUT2D eigenvalue weighted by molar-refractivity contribution is 6.16. The smallest absolute Gasteiger partial charge is 0.333 e. The van der Waals surface area contributed by atoms with Gasteiger partial charge in [0.05, 0.1) is 17.8 Å². The third kappa shape index (κ3) is 4.53. The number of nitrogen functional groups attached to an aromatic ring is 1. The molecule has 0 amide bonds. The van der Waals surface area contributed by atoms with E-state index in [2.05, 4.69) is 21.9 Å². The van der Waals surface area contributed by atoms with E-state index in [1.54, 1.807) is 24.3 Å². The minimum atomic E-state index is -0.389. The molecule has 2 heterocycles. The summed E-state index contributed by atoms with van der Waals surface area (Å²) in [6.45, 7) is 4.01. The van der Waals surface area contributed by atoms with E-state index in [9.17, 15) is 4.79 Å². The highest BCUT2D eigenvalue weighted by Crippen LogP contribution is 2.26. The lowest BCUT2D eigenvalue weighted by atomic mass is 10.0. The predicted octanol–water partition coefficient (Wildman–Crippen LogP) is 3.55. The summed E-state index contributed by atoms with van der Waals surface area (Å²) in [4.78, 5) is 19.8. The first-order valence-corrected chi connectivity index (χ1v) is 9.66. The van der Waals surface area contributed by atoms with Crippen LogP contribution in [-0.4, -0.2) is 34.3 Å². The van der Waals surface area contributed by atoms with Crippen LogP contribution in [0.5, 0.6) is 11.5 Å². The molecular formula is C23H21N5O3. The lowest BCUT2D eigenvalue weighted by molar-refractivity contribution is -0.138. The molecule has 0 bridgehead atoms. The molecule has 3 aromatic rings. The highest BCUT2D eigenvalue weighted by Gasteiger charge is 2.27. The molecule has 8 nitrogen and oxygen atoms in total. The standard InChI is InChI=1S/C23H21N5O3/c1-14-11-18(31-23(14)29)12-26-22-19(21(25)27-13-28-22)20(24)15-7-9-17(10-8-15)30-16-5-3-2-4-6-16/h2-10,13,18,24H,1,11-12H2,(H3,25,26,27,28). The number of aromatic nitrogens is 2. The zero-order chi connectivity index (χ0) is 21.8. The average Bonchev–Trinajstić information content (AvgIpc) is 3.10. The Hall–Kier alpha value is -4.20. The number of carbonyl (C=O) groups excluding carboxylic acids is 1. The lowest BCUT2D eigenvalue weighted by Crippen LogP contribution is -2.22. The van der Waals surface area contributed by atoms with E-state index in [0.717, 1.165) is 5.75 Å². The Kier molecular flexibility index (Phi) is 5.61. The van der Waals surface area contributed by atoms with Crippen molar-refractivity contribution in [3.8, 4) is 11.5 Å². The van der Waals surface area contributed by atoms with E-state index in [0.29, 0.717) is 41.2 Å². The molecular weight excluding hydrogens is 394 g/mol. The van der Waals surface area contributed by atoms with Gasteiger partial charge < -0.3 is 20.5 Å². The number of ether oxygens (including phenoxy) is 2. The van der Waals surface area contributed by atoms with Gasteiger partial charge in [0.1, 0.15) is 35.6 Å². The summed E-state index contributed by atoms with van der Waals surface area (Å²) in [7, 11) is 0. The number of benzene rings is 2. The van der Waals surface area contributed by atoms with Crippen molar-refractivity contribution in [3.05, 3.63) is 84.2 Å². The van der Waals surface area contributed by atoms with Gasteiger partial charge in [0.15, 0.2) is 0 Å². The summed E-state index contributed by atoms with van der Waals surface area (Å²) < 4.78 is 11.0. The van der Waals surface area contributed by atoms with Crippen LogP contribution >= 0.6 is 0 Å². The fourth-order valence-corrected chi connectivity index (χ4v) is 3.20. The molecule has 0 radical (unpaired) electrons. The number of rotatable bonds is 7. The quantitative estimate of drug-likeness (QED) is 0.306. The van der Waals surface area contributed by atoms with Gasteiger partial charge in [-0.1, -0.05) is 24.8 Å². The van der Waals surface area contributed by atoms with Gasteiger partial charge in [-0.2, -0.15) is 0 Å². The van der Waals surface area contributed by atoms with E-state index < -0.39 is 0 Å². The largest absolute Gasteiger partial charge is 0.457 e. The maximum absolute atomic E-state index is 11.5. The van der Waals surface area contributed by atoms with Crippen molar-refractivity contribution in [1.29, 1.82) is 5.41 Å². The molecule has 1 atom stereocenters. The van der Waals surface area contributed by atoms with E-state index in [1.165, 1.54) is 6.33 Å². The average molecular weight is 415 g/mol. The third-order valence-electron chi connectivity index (χ3n) is 4.78. The molecule has 0 aliphatic carbocycles. The second-order valence-electron chi connectivity index (χ2n) is 7.01. The molecule has 2 aromatic carbocycles. The number of hydrogen-bond acceptors (Lipinski definition) is 8. The number of nitrogens with two attached hydrogens (primary N) is 1. The van der Waals surface area contributed by atoms with Crippen LogP contribution in [0.2, 0.25) is 0 Å². The maximum atomic E-state index is 11.5. The molecule has 156 valence electrons. The van der Waals surface area contributed by atoms with Crippen LogP contribution in [0.4, 0.5) is 11.6 Å². The second kappa shape index (κ2) is 8.66. The summed E-state index contributed by atoms with van der Waals surface area (Å²) in [5, 5.41) is 11.8. The second-order valence-corrected chi connectivity index (χ2v) is 7.01. The molecule has 8 heteroatoms. The molecule has 1 fully saturated rings. The van der Waals surface area contributed by atoms with Gasteiger partial charge in [-0.3, -0.25) is 5.41 Å². The topological polar surface area (TPSA) is 123 Å². The first-order chi connectivity index (χ1) is 15.0. The van der Waals surface area contributed by atoms with Gasteiger partial charge in [0.25, 0.3) is 0 Å². The van der Waals surface area contributed by atoms with E-state index in [-0.39, 0.29) is 23.6 Å². The number of nitrogens with one attached hydrogen (secondary N) is 2. The number of esters is 1. The van der Waals surface area contributed by atoms with Crippen LogP contribution in [0.25, 0.3) is 0 Å².